The van der Waals surface area contributed by atoms with E-state index in [1.54, 1.807) is 12.1 Å². The topological polar surface area (TPSA) is 70.6 Å². The predicted molar refractivity (Wildman–Crippen MR) is 87.6 cm³/mol. The Morgan fingerprint density at radius 1 is 1.09 bits per heavy atom. The fourth-order valence-corrected chi connectivity index (χ4v) is 5.01. The normalized spacial score (nSPS) is 27.4. The number of sulfonamides is 1. The van der Waals surface area contributed by atoms with E-state index >= 15 is 0 Å². The van der Waals surface area contributed by atoms with Gasteiger partial charge in [-0.3, -0.25) is 9.71 Å². The van der Waals surface area contributed by atoms with Gasteiger partial charge in [-0.2, -0.15) is 0 Å². The van der Waals surface area contributed by atoms with Crippen LogP contribution in [0.5, 0.6) is 0 Å². The first kappa shape index (κ1) is 15.5. The zero-order valence-electron chi connectivity index (χ0n) is 13.5. The van der Waals surface area contributed by atoms with E-state index in [2.05, 4.69) is 37.7 Å². The zero-order valence-corrected chi connectivity index (χ0v) is 14.3. The molecule has 5 nitrogen and oxygen atoms in total. The number of hydrogen-bond acceptors (Lipinski definition) is 4. The van der Waals surface area contributed by atoms with E-state index in [1.165, 1.54) is 0 Å². The number of nitrogens with one attached hydrogen (secondary N) is 2. The summed E-state index contributed by atoms with van der Waals surface area (Å²) < 4.78 is 26.9. The zero-order chi connectivity index (χ0) is 16.2. The third-order valence-corrected chi connectivity index (χ3v) is 5.54. The van der Waals surface area contributed by atoms with E-state index in [-0.39, 0.29) is 17.1 Å². The maximum absolute atomic E-state index is 12.2. The van der Waals surface area contributed by atoms with E-state index in [9.17, 15) is 8.42 Å². The lowest BCUT2D eigenvalue weighted by molar-refractivity contribution is 0.164. The Labute approximate surface area is 132 Å². The molecule has 120 valence electrons. The second kappa shape index (κ2) is 4.80. The van der Waals surface area contributed by atoms with Crippen molar-refractivity contribution in [2.24, 2.45) is 4.99 Å². The van der Waals surface area contributed by atoms with Crippen LogP contribution in [0.25, 0.3) is 0 Å². The van der Waals surface area contributed by atoms with Gasteiger partial charge in [-0.25, -0.2) is 8.42 Å². The molecule has 0 amide bonds. The molecule has 2 heterocycles. The number of rotatable bonds is 1. The highest BCUT2D eigenvalue weighted by atomic mass is 32.2. The van der Waals surface area contributed by atoms with Crippen LogP contribution in [-0.4, -0.2) is 31.4 Å². The molecule has 0 bridgehead atoms. The first-order valence-electron chi connectivity index (χ1n) is 7.57. The van der Waals surface area contributed by atoms with Gasteiger partial charge in [0.15, 0.2) is 0 Å². The number of hydrogen-bond donors (Lipinski definition) is 2. The summed E-state index contributed by atoms with van der Waals surface area (Å²) in [5.41, 5.74) is 0.637. The van der Waals surface area contributed by atoms with Crippen LogP contribution < -0.4 is 10.0 Å². The molecular weight excluding hydrogens is 298 g/mol. The molecule has 0 radical (unpaired) electrons. The fourth-order valence-electron chi connectivity index (χ4n) is 3.77. The maximum atomic E-state index is 12.2. The molecule has 1 aromatic carbocycles. The summed E-state index contributed by atoms with van der Waals surface area (Å²) in [5, 5.41) is 3.61. The number of aliphatic imine (C=N–C) groups is 1. The molecule has 22 heavy (non-hydrogen) atoms. The van der Waals surface area contributed by atoms with Crippen molar-refractivity contribution < 1.29 is 8.42 Å². The van der Waals surface area contributed by atoms with E-state index in [0.29, 0.717) is 16.3 Å². The van der Waals surface area contributed by atoms with Gasteiger partial charge in [0.2, 0.25) is 0 Å². The van der Waals surface area contributed by atoms with Crippen molar-refractivity contribution in [2.75, 3.05) is 0 Å². The number of piperidine rings is 1. The van der Waals surface area contributed by atoms with Gasteiger partial charge >= 0.3 is 0 Å². The van der Waals surface area contributed by atoms with Crippen molar-refractivity contribution in [3.8, 4) is 0 Å². The van der Waals surface area contributed by atoms with Gasteiger partial charge in [-0.05, 0) is 52.7 Å². The standard InChI is InChI=1S/C16H23N3O2S/c1-15(2)9-11(10-16(3,4)19-15)17-14-12-7-5-6-8-13(12)22(20,21)18-14/h5-8,11,19H,9-10H2,1-4H3,(H,17,18). The molecule has 1 saturated heterocycles. The van der Waals surface area contributed by atoms with Crippen LogP contribution >= 0.6 is 0 Å². The van der Waals surface area contributed by atoms with Gasteiger partial charge < -0.3 is 5.32 Å². The summed E-state index contributed by atoms with van der Waals surface area (Å²) in [6.45, 7) is 8.64. The predicted octanol–water partition coefficient (Wildman–Crippen LogP) is 2.03. The number of nitrogens with zero attached hydrogens (tertiary/aromatic N) is 1. The van der Waals surface area contributed by atoms with E-state index < -0.39 is 10.0 Å². The molecule has 6 heteroatoms. The van der Waals surface area contributed by atoms with E-state index in [4.69, 9.17) is 4.99 Å². The van der Waals surface area contributed by atoms with Crippen molar-refractivity contribution in [3.63, 3.8) is 0 Å². The molecule has 1 fully saturated rings. The van der Waals surface area contributed by atoms with Crippen LogP contribution in [0.3, 0.4) is 0 Å². The Balaban J connectivity index is 1.97. The minimum Gasteiger partial charge on any atom is -0.307 e. The van der Waals surface area contributed by atoms with Crippen LogP contribution in [0.4, 0.5) is 0 Å². The second-order valence-corrected chi connectivity index (χ2v) is 9.19. The second-order valence-electron chi connectivity index (χ2n) is 7.53. The molecule has 0 saturated carbocycles. The van der Waals surface area contributed by atoms with E-state index in [1.807, 2.05) is 12.1 Å². The van der Waals surface area contributed by atoms with Crippen LogP contribution in [0.1, 0.15) is 46.1 Å². The summed E-state index contributed by atoms with van der Waals surface area (Å²) in [5.74, 6) is 0.481. The monoisotopic (exact) mass is 321 g/mol. The van der Waals surface area contributed by atoms with Crippen molar-refractivity contribution in [1.82, 2.24) is 10.0 Å². The average Bonchev–Trinajstić information content (AvgIpc) is 2.58. The smallest absolute Gasteiger partial charge is 0.263 e. The van der Waals surface area contributed by atoms with Crippen molar-refractivity contribution >= 4 is 15.9 Å². The molecule has 0 spiro atoms. The quantitative estimate of drug-likeness (QED) is 0.831. The summed E-state index contributed by atoms with van der Waals surface area (Å²) in [6.07, 6.45) is 1.76. The van der Waals surface area contributed by atoms with Crippen LogP contribution in [0, 0.1) is 0 Å². The average molecular weight is 321 g/mol. The summed E-state index contributed by atoms with van der Waals surface area (Å²) in [7, 11) is -3.46. The number of fused-ring (bicyclic) bond motifs is 1. The van der Waals surface area contributed by atoms with Crippen molar-refractivity contribution in [3.05, 3.63) is 29.8 Å². The lowest BCUT2D eigenvalue weighted by atomic mass is 9.80. The van der Waals surface area contributed by atoms with Crippen LogP contribution in [0.15, 0.2) is 34.2 Å². The molecule has 2 N–H and O–H groups in total. The molecular formula is C16H23N3O2S. The van der Waals surface area contributed by atoms with Gasteiger partial charge in [0, 0.05) is 16.6 Å². The maximum Gasteiger partial charge on any atom is 0.263 e. The largest absolute Gasteiger partial charge is 0.307 e. The van der Waals surface area contributed by atoms with Gasteiger partial charge in [0.1, 0.15) is 5.84 Å². The fraction of sp³-hybridized carbons (Fsp3) is 0.562. The molecule has 1 aromatic rings. The Bertz CT molecular complexity index is 720. The summed E-state index contributed by atoms with van der Waals surface area (Å²) in [4.78, 5) is 5.07. The highest BCUT2D eigenvalue weighted by Crippen LogP contribution is 2.31. The highest BCUT2D eigenvalue weighted by Gasteiger charge is 2.39. The van der Waals surface area contributed by atoms with Gasteiger partial charge in [0.25, 0.3) is 10.0 Å². The summed E-state index contributed by atoms with van der Waals surface area (Å²) in [6, 6.07) is 7.10. The molecule has 2 aliphatic rings. The Morgan fingerprint density at radius 2 is 1.68 bits per heavy atom. The van der Waals surface area contributed by atoms with Crippen molar-refractivity contribution in [2.45, 2.75) is 62.6 Å². The Kier molecular flexibility index (Phi) is 3.38. The number of amidine groups is 1. The SMILES string of the molecule is CC1(C)CC(N=C2NS(=O)(=O)c3ccccc32)CC(C)(C)N1. The summed E-state index contributed by atoms with van der Waals surface area (Å²) >= 11 is 0. The molecule has 2 aliphatic heterocycles. The molecule has 0 unspecified atom stereocenters. The third-order valence-electron chi connectivity index (χ3n) is 4.14. The van der Waals surface area contributed by atoms with E-state index in [0.717, 1.165) is 12.8 Å². The first-order chi connectivity index (χ1) is 10.1. The van der Waals surface area contributed by atoms with Gasteiger partial charge in [0.05, 0.1) is 10.9 Å². The Hall–Kier alpha value is -1.40. The lowest BCUT2D eigenvalue weighted by Crippen LogP contribution is -2.59. The first-order valence-corrected chi connectivity index (χ1v) is 9.06. The molecule has 0 aromatic heterocycles. The third kappa shape index (κ3) is 2.90. The highest BCUT2D eigenvalue weighted by molar-refractivity contribution is 7.90. The van der Waals surface area contributed by atoms with Gasteiger partial charge in [-0.15, -0.1) is 0 Å². The lowest BCUT2D eigenvalue weighted by Gasteiger charge is -2.45. The Morgan fingerprint density at radius 3 is 2.32 bits per heavy atom. The minimum absolute atomic E-state index is 0.0204. The van der Waals surface area contributed by atoms with Crippen LogP contribution in [0.2, 0.25) is 0 Å². The van der Waals surface area contributed by atoms with Gasteiger partial charge in [-0.1, -0.05) is 12.1 Å². The number of benzene rings is 1. The van der Waals surface area contributed by atoms with Crippen LogP contribution in [-0.2, 0) is 10.0 Å². The molecule has 0 aliphatic carbocycles. The molecule has 3 rings (SSSR count). The molecule has 0 atom stereocenters. The minimum atomic E-state index is -3.46. The van der Waals surface area contributed by atoms with Crippen molar-refractivity contribution in [1.29, 1.82) is 0 Å².